The van der Waals surface area contributed by atoms with Gasteiger partial charge in [-0.05, 0) is 19.1 Å². The van der Waals surface area contributed by atoms with Crippen molar-refractivity contribution in [3.05, 3.63) is 29.8 Å². The second-order valence-electron chi connectivity index (χ2n) is 3.23. The van der Waals surface area contributed by atoms with Crippen molar-refractivity contribution in [2.45, 2.75) is 13.0 Å². The Hall–Kier alpha value is -2.04. The molecular formula is C11H13NO4. The molecule has 0 unspecified atom stereocenters. The number of methoxy groups -OCH3 is 1. The molecule has 1 amide bonds. The quantitative estimate of drug-likeness (QED) is 0.795. The monoisotopic (exact) mass is 223 g/mol. The van der Waals surface area contributed by atoms with E-state index in [1.54, 1.807) is 24.3 Å². The molecule has 1 aromatic carbocycles. The summed E-state index contributed by atoms with van der Waals surface area (Å²) in [5.41, 5.74) is 0.318. The van der Waals surface area contributed by atoms with Crippen LogP contribution in [0.2, 0.25) is 0 Å². The summed E-state index contributed by atoms with van der Waals surface area (Å²) in [5, 5.41) is 11.0. The van der Waals surface area contributed by atoms with Crippen LogP contribution >= 0.6 is 0 Å². The Bertz CT molecular complexity index is 403. The minimum absolute atomic E-state index is 0.318. The Morgan fingerprint density at radius 3 is 2.56 bits per heavy atom. The van der Waals surface area contributed by atoms with E-state index in [1.165, 1.54) is 14.0 Å². The van der Waals surface area contributed by atoms with Gasteiger partial charge in [-0.25, -0.2) is 0 Å². The van der Waals surface area contributed by atoms with Gasteiger partial charge >= 0.3 is 5.97 Å². The summed E-state index contributed by atoms with van der Waals surface area (Å²) in [4.78, 5) is 22.3. The second-order valence-corrected chi connectivity index (χ2v) is 3.23. The van der Waals surface area contributed by atoms with E-state index < -0.39 is 17.9 Å². The lowest BCUT2D eigenvalue weighted by Crippen LogP contribution is -2.38. The molecule has 86 valence electrons. The lowest BCUT2D eigenvalue weighted by Gasteiger charge is -2.11. The molecule has 1 atom stereocenters. The number of nitrogens with one attached hydrogen (secondary N) is 1. The Balaban J connectivity index is 2.84. The molecule has 5 nitrogen and oxygen atoms in total. The highest BCUT2D eigenvalue weighted by Gasteiger charge is 2.17. The van der Waals surface area contributed by atoms with Gasteiger partial charge in [0, 0.05) is 0 Å². The zero-order valence-corrected chi connectivity index (χ0v) is 9.06. The molecule has 0 spiro atoms. The van der Waals surface area contributed by atoms with Gasteiger partial charge in [-0.2, -0.15) is 0 Å². The van der Waals surface area contributed by atoms with Crippen LogP contribution in [0, 0.1) is 0 Å². The van der Waals surface area contributed by atoms with Gasteiger partial charge < -0.3 is 15.2 Å². The summed E-state index contributed by atoms with van der Waals surface area (Å²) in [6.07, 6.45) is 0. The number of aliphatic carboxylic acids is 1. The zero-order chi connectivity index (χ0) is 12.1. The van der Waals surface area contributed by atoms with Gasteiger partial charge in [0.15, 0.2) is 0 Å². The normalized spacial score (nSPS) is 11.6. The molecule has 5 heteroatoms. The van der Waals surface area contributed by atoms with Gasteiger partial charge in [0.05, 0.1) is 12.7 Å². The van der Waals surface area contributed by atoms with Crippen LogP contribution in [0.15, 0.2) is 24.3 Å². The van der Waals surface area contributed by atoms with Crippen molar-refractivity contribution in [2.75, 3.05) is 7.11 Å². The Morgan fingerprint density at radius 2 is 2.00 bits per heavy atom. The molecule has 0 aliphatic rings. The molecule has 0 aromatic heterocycles. The highest BCUT2D eigenvalue weighted by atomic mass is 16.5. The molecule has 0 radical (unpaired) electrons. The molecule has 0 aliphatic heterocycles. The molecule has 1 aromatic rings. The lowest BCUT2D eigenvalue weighted by molar-refractivity contribution is -0.138. The molecule has 1 rings (SSSR count). The van der Waals surface area contributed by atoms with Crippen LogP contribution in [0.5, 0.6) is 5.75 Å². The fraction of sp³-hybridized carbons (Fsp3) is 0.273. The summed E-state index contributed by atoms with van der Waals surface area (Å²) >= 11 is 0. The van der Waals surface area contributed by atoms with Gasteiger partial charge in [-0.15, -0.1) is 0 Å². The molecular weight excluding hydrogens is 210 g/mol. The first-order chi connectivity index (χ1) is 7.56. The number of hydrogen-bond donors (Lipinski definition) is 2. The van der Waals surface area contributed by atoms with E-state index in [9.17, 15) is 9.59 Å². The van der Waals surface area contributed by atoms with Gasteiger partial charge in [0.2, 0.25) is 0 Å². The maximum Gasteiger partial charge on any atom is 0.325 e. The summed E-state index contributed by atoms with van der Waals surface area (Å²) in [5.74, 6) is -1.13. The molecule has 0 saturated heterocycles. The number of carbonyl (C=O) groups excluding carboxylic acids is 1. The first kappa shape index (κ1) is 12.0. The second kappa shape index (κ2) is 5.16. The van der Waals surface area contributed by atoms with Crippen LogP contribution in [0.1, 0.15) is 17.3 Å². The van der Waals surface area contributed by atoms with E-state index in [4.69, 9.17) is 9.84 Å². The van der Waals surface area contributed by atoms with Crippen LogP contribution in [0.25, 0.3) is 0 Å². The van der Waals surface area contributed by atoms with E-state index in [0.29, 0.717) is 11.3 Å². The molecule has 0 fully saturated rings. The summed E-state index contributed by atoms with van der Waals surface area (Å²) in [6, 6.07) is 5.69. The van der Waals surface area contributed by atoms with Crippen molar-refractivity contribution in [3.8, 4) is 5.75 Å². The predicted octanol–water partition coefficient (Wildman–Crippen LogP) is 0.898. The van der Waals surface area contributed by atoms with Crippen molar-refractivity contribution in [1.29, 1.82) is 0 Å². The van der Waals surface area contributed by atoms with E-state index in [0.717, 1.165) is 0 Å². The van der Waals surface area contributed by atoms with Crippen molar-refractivity contribution >= 4 is 11.9 Å². The number of rotatable bonds is 4. The first-order valence-electron chi connectivity index (χ1n) is 4.73. The van der Waals surface area contributed by atoms with E-state index >= 15 is 0 Å². The van der Waals surface area contributed by atoms with Gasteiger partial charge in [0.1, 0.15) is 11.8 Å². The van der Waals surface area contributed by atoms with Crippen LogP contribution < -0.4 is 10.1 Å². The summed E-state index contributed by atoms with van der Waals surface area (Å²) < 4.78 is 5.00. The van der Waals surface area contributed by atoms with Crippen molar-refractivity contribution in [3.63, 3.8) is 0 Å². The number of amides is 1. The molecule has 0 bridgehead atoms. The number of para-hydroxylation sites is 1. The van der Waals surface area contributed by atoms with E-state index in [-0.39, 0.29) is 0 Å². The fourth-order valence-electron chi connectivity index (χ4n) is 1.17. The van der Waals surface area contributed by atoms with E-state index in [2.05, 4.69) is 5.32 Å². The van der Waals surface area contributed by atoms with Crippen LogP contribution in [0.3, 0.4) is 0 Å². The lowest BCUT2D eigenvalue weighted by atomic mass is 10.2. The minimum Gasteiger partial charge on any atom is -0.496 e. The third-order valence-electron chi connectivity index (χ3n) is 2.07. The Labute approximate surface area is 93.0 Å². The number of hydrogen-bond acceptors (Lipinski definition) is 3. The van der Waals surface area contributed by atoms with Gasteiger partial charge in [0.25, 0.3) is 5.91 Å². The zero-order valence-electron chi connectivity index (χ0n) is 9.06. The minimum atomic E-state index is -1.08. The number of benzene rings is 1. The van der Waals surface area contributed by atoms with Crippen LogP contribution in [-0.4, -0.2) is 30.1 Å². The van der Waals surface area contributed by atoms with Crippen molar-refractivity contribution < 1.29 is 19.4 Å². The van der Waals surface area contributed by atoms with E-state index in [1.807, 2.05) is 0 Å². The maximum atomic E-state index is 11.7. The third kappa shape index (κ3) is 2.73. The van der Waals surface area contributed by atoms with Gasteiger partial charge in [-0.3, -0.25) is 9.59 Å². The smallest absolute Gasteiger partial charge is 0.325 e. The number of carboxylic acid groups (broad SMARTS) is 1. The Kier molecular flexibility index (Phi) is 3.88. The van der Waals surface area contributed by atoms with Crippen molar-refractivity contribution in [2.24, 2.45) is 0 Å². The standard InChI is InChI=1S/C11H13NO4/c1-7(11(14)15)12-10(13)8-5-3-4-6-9(8)16-2/h3-7H,1-2H3,(H,12,13)(H,14,15)/t7-/m1/s1. The summed E-state index contributed by atoms with van der Waals surface area (Å²) in [7, 11) is 1.45. The molecule has 0 heterocycles. The SMILES string of the molecule is COc1ccccc1C(=O)N[C@H](C)C(=O)O. The molecule has 2 N–H and O–H groups in total. The van der Waals surface area contributed by atoms with Gasteiger partial charge in [-0.1, -0.05) is 12.1 Å². The van der Waals surface area contributed by atoms with Crippen molar-refractivity contribution in [1.82, 2.24) is 5.32 Å². The average Bonchev–Trinajstić information content (AvgIpc) is 2.28. The van der Waals surface area contributed by atoms with Crippen LogP contribution in [-0.2, 0) is 4.79 Å². The largest absolute Gasteiger partial charge is 0.496 e. The van der Waals surface area contributed by atoms with Crippen LogP contribution in [0.4, 0.5) is 0 Å². The fourth-order valence-corrected chi connectivity index (χ4v) is 1.17. The first-order valence-corrected chi connectivity index (χ1v) is 4.73. The molecule has 0 aliphatic carbocycles. The maximum absolute atomic E-state index is 11.7. The predicted molar refractivity (Wildman–Crippen MR) is 57.6 cm³/mol. The molecule has 0 saturated carbocycles. The topological polar surface area (TPSA) is 75.6 Å². The Morgan fingerprint density at radius 1 is 1.38 bits per heavy atom. The summed E-state index contributed by atoms with van der Waals surface area (Å²) in [6.45, 7) is 1.40. The highest BCUT2D eigenvalue weighted by Crippen LogP contribution is 2.16. The highest BCUT2D eigenvalue weighted by molar-refractivity contribution is 5.98. The third-order valence-corrected chi connectivity index (χ3v) is 2.07. The number of ether oxygens (including phenoxy) is 1. The number of carboxylic acids is 1. The molecule has 16 heavy (non-hydrogen) atoms. The number of carbonyl (C=O) groups is 2. The average molecular weight is 223 g/mol.